The Hall–Kier alpha value is -2.13. The zero-order chi connectivity index (χ0) is 24.1. The van der Waals surface area contributed by atoms with Gasteiger partial charge in [0, 0.05) is 17.6 Å². The van der Waals surface area contributed by atoms with E-state index in [1.54, 1.807) is 13.8 Å². The number of anilines is 1. The molecule has 34 heavy (non-hydrogen) atoms. The van der Waals surface area contributed by atoms with Crippen molar-refractivity contribution in [1.82, 2.24) is 9.97 Å². The Morgan fingerprint density at radius 2 is 2.00 bits per heavy atom. The SMILES string of the molecule is CC(C)(O)C1=Nc2c(F)cc(-c3nc(N[C@@H]4CCOC[C@H]4O)ncc3Cl)cc2C12CCCCC2. The highest BCUT2D eigenvalue weighted by Crippen LogP contribution is 2.53. The van der Waals surface area contributed by atoms with Crippen LogP contribution in [0.2, 0.25) is 5.02 Å². The zero-order valence-electron chi connectivity index (χ0n) is 19.4. The van der Waals surface area contributed by atoms with Gasteiger partial charge < -0.3 is 20.3 Å². The molecule has 1 spiro atoms. The number of nitrogens with zero attached hydrogens (tertiary/aromatic N) is 3. The minimum atomic E-state index is -1.16. The molecule has 182 valence electrons. The summed E-state index contributed by atoms with van der Waals surface area (Å²) >= 11 is 6.47. The molecule has 0 bridgehead atoms. The van der Waals surface area contributed by atoms with Crippen molar-refractivity contribution >= 4 is 28.9 Å². The van der Waals surface area contributed by atoms with E-state index < -0.39 is 22.9 Å². The number of aliphatic hydroxyl groups is 2. The third-order valence-corrected chi connectivity index (χ3v) is 7.48. The second kappa shape index (κ2) is 8.82. The molecule has 1 aromatic carbocycles. The van der Waals surface area contributed by atoms with E-state index in [-0.39, 0.29) is 12.6 Å². The monoisotopic (exact) mass is 488 g/mol. The summed E-state index contributed by atoms with van der Waals surface area (Å²) < 4.78 is 20.7. The Kier molecular flexibility index (Phi) is 6.13. The van der Waals surface area contributed by atoms with Gasteiger partial charge in [-0.1, -0.05) is 30.9 Å². The first kappa shape index (κ1) is 23.6. The molecule has 2 aliphatic heterocycles. The summed E-state index contributed by atoms with van der Waals surface area (Å²) in [4.78, 5) is 13.5. The van der Waals surface area contributed by atoms with Crippen LogP contribution >= 0.6 is 11.6 Å². The molecule has 5 rings (SSSR count). The van der Waals surface area contributed by atoms with Crippen LogP contribution < -0.4 is 5.32 Å². The molecule has 0 radical (unpaired) electrons. The molecule has 3 N–H and O–H groups in total. The van der Waals surface area contributed by atoms with Gasteiger partial charge in [0.2, 0.25) is 5.95 Å². The van der Waals surface area contributed by atoms with Crippen molar-refractivity contribution in [3.8, 4) is 11.3 Å². The highest BCUT2D eigenvalue weighted by molar-refractivity contribution is 6.33. The van der Waals surface area contributed by atoms with Crippen molar-refractivity contribution < 1.29 is 19.3 Å². The minimum absolute atomic E-state index is 0.243. The first-order valence-corrected chi connectivity index (χ1v) is 12.3. The fourth-order valence-corrected chi connectivity index (χ4v) is 5.84. The smallest absolute Gasteiger partial charge is 0.223 e. The van der Waals surface area contributed by atoms with Crippen LogP contribution in [0.15, 0.2) is 23.3 Å². The van der Waals surface area contributed by atoms with E-state index in [0.29, 0.717) is 46.7 Å². The first-order valence-electron chi connectivity index (χ1n) is 11.9. The summed E-state index contributed by atoms with van der Waals surface area (Å²) in [5.41, 5.74) is 1.03. The number of rotatable bonds is 4. The quantitative estimate of drug-likeness (QED) is 0.583. The fourth-order valence-electron chi connectivity index (χ4n) is 5.64. The maximum absolute atomic E-state index is 15.5. The van der Waals surface area contributed by atoms with Crippen molar-refractivity contribution in [3.05, 3.63) is 34.7 Å². The molecule has 0 unspecified atom stereocenters. The van der Waals surface area contributed by atoms with E-state index in [0.717, 1.165) is 37.7 Å². The highest BCUT2D eigenvalue weighted by Gasteiger charge is 2.50. The van der Waals surface area contributed by atoms with Crippen LogP contribution in [0.25, 0.3) is 11.3 Å². The number of aliphatic imine (C=N–C) groups is 1. The van der Waals surface area contributed by atoms with Gasteiger partial charge in [-0.2, -0.15) is 0 Å². The number of aliphatic hydroxyl groups excluding tert-OH is 1. The Morgan fingerprint density at radius 1 is 1.24 bits per heavy atom. The summed E-state index contributed by atoms with van der Waals surface area (Å²) in [6, 6.07) is 3.08. The predicted octanol–water partition coefficient (Wildman–Crippen LogP) is 4.56. The minimum Gasteiger partial charge on any atom is -0.389 e. The molecule has 1 aromatic heterocycles. The van der Waals surface area contributed by atoms with Gasteiger partial charge in [0.25, 0.3) is 0 Å². The van der Waals surface area contributed by atoms with E-state index in [4.69, 9.17) is 16.3 Å². The van der Waals surface area contributed by atoms with E-state index in [2.05, 4.69) is 20.3 Å². The maximum Gasteiger partial charge on any atom is 0.223 e. The normalized spacial score (nSPS) is 24.1. The largest absolute Gasteiger partial charge is 0.389 e. The van der Waals surface area contributed by atoms with Gasteiger partial charge in [-0.05, 0) is 50.8 Å². The molecule has 1 saturated heterocycles. The molecule has 7 nitrogen and oxygen atoms in total. The number of benzene rings is 1. The van der Waals surface area contributed by atoms with Crippen molar-refractivity contribution in [3.63, 3.8) is 0 Å². The van der Waals surface area contributed by atoms with Gasteiger partial charge in [0.1, 0.15) is 11.5 Å². The average molecular weight is 489 g/mol. The lowest BCUT2D eigenvalue weighted by Crippen LogP contribution is -2.47. The summed E-state index contributed by atoms with van der Waals surface area (Å²) in [7, 11) is 0. The zero-order valence-corrected chi connectivity index (χ0v) is 20.2. The molecule has 2 fully saturated rings. The van der Waals surface area contributed by atoms with Crippen LogP contribution in [0.4, 0.5) is 16.0 Å². The van der Waals surface area contributed by atoms with Crippen LogP contribution in [-0.2, 0) is 10.2 Å². The van der Waals surface area contributed by atoms with Crippen molar-refractivity contribution in [2.75, 3.05) is 18.5 Å². The van der Waals surface area contributed by atoms with Crippen LogP contribution in [0, 0.1) is 5.82 Å². The van der Waals surface area contributed by atoms with Gasteiger partial charge >= 0.3 is 0 Å². The van der Waals surface area contributed by atoms with Gasteiger partial charge in [-0.25, -0.2) is 14.4 Å². The number of hydrogen-bond acceptors (Lipinski definition) is 7. The van der Waals surface area contributed by atoms with Gasteiger partial charge in [-0.3, -0.25) is 4.99 Å². The topological polar surface area (TPSA) is 99.9 Å². The number of hydrogen-bond donors (Lipinski definition) is 3. The lowest BCUT2D eigenvalue weighted by Gasteiger charge is -2.40. The van der Waals surface area contributed by atoms with Crippen molar-refractivity contribution in [2.45, 2.75) is 75.5 Å². The lowest BCUT2D eigenvalue weighted by molar-refractivity contribution is -0.0136. The van der Waals surface area contributed by atoms with E-state index >= 15 is 4.39 Å². The second-order valence-corrected chi connectivity index (χ2v) is 10.5. The summed E-state index contributed by atoms with van der Waals surface area (Å²) in [5.74, 6) is -0.146. The lowest BCUT2D eigenvalue weighted by atomic mass is 9.64. The molecular weight excluding hydrogens is 459 g/mol. The first-order chi connectivity index (χ1) is 16.2. The van der Waals surface area contributed by atoms with Crippen LogP contribution in [0.1, 0.15) is 57.9 Å². The summed E-state index contributed by atoms with van der Waals surface area (Å²) in [5, 5.41) is 24.6. The Balaban J connectivity index is 1.55. The number of halogens is 2. The highest BCUT2D eigenvalue weighted by atomic mass is 35.5. The van der Waals surface area contributed by atoms with Crippen molar-refractivity contribution in [2.24, 2.45) is 4.99 Å². The molecule has 3 aliphatic rings. The molecule has 3 heterocycles. The Labute approximate surface area is 203 Å². The third-order valence-electron chi connectivity index (χ3n) is 7.20. The summed E-state index contributed by atoms with van der Waals surface area (Å²) in [6.07, 6.45) is 6.18. The van der Waals surface area contributed by atoms with Crippen molar-refractivity contribution in [1.29, 1.82) is 0 Å². The van der Waals surface area contributed by atoms with Crippen LogP contribution in [0.5, 0.6) is 0 Å². The number of aromatic nitrogens is 2. The fraction of sp³-hybridized carbons (Fsp3) is 0.560. The van der Waals surface area contributed by atoms with E-state index in [9.17, 15) is 10.2 Å². The predicted molar refractivity (Wildman–Crippen MR) is 129 cm³/mol. The molecule has 2 aromatic rings. The maximum atomic E-state index is 15.5. The molecule has 2 atom stereocenters. The number of fused-ring (bicyclic) bond motifs is 2. The van der Waals surface area contributed by atoms with E-state index in [1.165, 1.54) is 12.3 Å². The molecule has 9 heteroatoms. The van der Waals surface area contributed by atoms with Gasteiger partial charge in [0.05, 0.1) is 47.0 Å². The van der Waals surface area contributed by atoms with Crippen LogP contribution in [0.3, 0.4) is 0 Å². The Bertz CT molecular complexity index is 1130. The van der Waals surface area contributed by atoms with Gasteiger partial charge in [0.15, 0.2) is 0 Å². The van der Waals surface area contributed by atoms with E-state index in [1.807, 2.05) is 6.07 Å². The number of ether oxygens (including phenoxy) is 1. The second-order valence-electron chi connectivity index (χ2n) is 10.1. The van der Waals surface area contributed by atoms with Crippen LogP contribution in [-0.4, -0.2) is 56.9 Å². The van der Waals surface area contributed by atoms with Gasteiger partial charge in [-0.15, -0.1) is 0 Å². The molecule has 1 aliphatic carbocycles. The summed E-state index contributed by atoms with van der Waals surface area (Å²) in [6.45, 7) is 4.23. The number of nitrogens with one attached hydrogen (secondary N) is 1. The Morgan fingerprint density at radius 3 is 2.71 bits per heavy atom. The molecular formula is C25H30ClFN4O3. The average Bonchev–Trinajstić information content (AvgIpc) is 3.11. The standard InChI is InChI=1S/C25H30ClFN4O3/c1-24(2,33)22-25(7-4-3-5-8-25)15-10-14(11-17(27)21(15)30-22)20-16(26)12-28-23(31-20)29-18-6-9-34-13-19(18)32/h10-12,18-19,32-33H,3-9,13H2,1-2H3,(H,28,29,31)/t18-,19-/m1/s1. The molecule has 0 amide bonds. The third kappa shape index (κ3) is 4.11. The molecule has 1 saturated carbocycles.